The van der Waals surface area contributed by atoms with Gasteiger partial charge in [0.15, 0.2) is 5.78 Å². The number of nitrogens with one attached hydrogen (secondary N) is 2. The second kappa shape index (κ2) is 9.29. The topological polar surface area (TPSA) is 104 Å². The van der Waals surface area contributed by atoms with Crippen LogP contribution in [0.25, 0.3) is 6.08 Å². The fourth-order valence-corrected chi connectivity index (χ4v) is 2.22. The van der Waals surface area contributed by atoms with Gasteiger partial charge < -0.3 is 15.7 Å². The standard InChI is InChI=1S/C18H20N4O3/c1-13(23)18(14-5-3-2-4-6-14)20-10-9-19-16-12-21-15(11-22-16)7-8-17(24)25/h2-8,11-12,18,20H,9-10H2,1H3,(H,19,22)(H,24,25)/b8-7+. The van der Waals surface area contributed by atoms with E-state index >= 15 is 0 Å². The number of hydrogen-bond donors (Lipinski definition) is 3. The Morgan fingerprint density at radius 2 is 1.92 bits per heavy atom. The van der Waals surface area contributed by atoms with Crippen LogP contribution in [0.5, 0.6) is 0 Å². The van der Waals surface area contributed by atoms with Crippen LogP contribution in [0.4, 0.5) is 5.82 Å². The van der Waals surface area contributed by atoms with Gasteiger partial charge in [-0.25, -0.2) is 9.78 Å². The highest BCUT2D eigenvalue weighted by Crippen LogP contribution is 2.13. The van der Waals surface area contributed by atoms with Gasteiger partial charge in [-0.2, -0.15) is 0 Å². The SMILES string of the molecule is CC(=O)C(NCCNc1cnc(/C=C/C(=O)O)cn1)c1ccccc1. The zero-order valence-electron chi connectivity index (χ0n) is 13.8. The molecular formula is C18H20N4O3. The van der Waals surface area contributed by atoms with Gasteiger partial charge in [0, 0.05) is 19.2 Å². The summed E-state index contributed by atoms with van der Waals surface area (Å²) in [5, 5.41) is 14.9. The summed E-state index contributed by atoms with van der Waals surface area (Å²) in [4.78, 5) is 30.5. The number of Topliss-reactive ketones (excluding diaryl/α,β-unsaturated/α-hetero) is 1. The number of rotatable bonds is 9. The van der Waals surface area contributed by atoms with E-state index in [0.717, 1.165) is 11.6 Å². The molecule has 2 aromatic rings. The molecule has 0 spiro atoms. The molecule has 0 amide bonds. The second-order valence-electron chi connectivity index (χ2n) is 5.33. The fraction of sp³-hybridized carbons (Fsp3) is 0.222. The average molecular weight is 340 g/mol. The highest BCUT2D eigenvalue weighted by Gasteiger charge is 2.14. The molecule has 7 nitrogen and oxygen atoms in total. The largest absolute Gasteiger partial charge is 0.478 e. The Bertz CT molecular complexity index is 730. The average Bonchev–Trinajstić information content (AvgIpc) is 2.61. The molecule has 130 valence electrons. The molecule has 1 aromatic heterocycles. The third-order valence-corrected chi connectivity index (χ3v) is 3.39. The van der Waals surface area contributed by atoms with Crippen molar-refractivity contribution in [3.63, 3.8) is 0 Å². The first-order valence-electron chi connectivity index (χ1n) is 7.82. The van der Waals surface area contributed by atoms with Crippen LogP contribution in [0.15, 0.2) is 48.8 Å². The summed E-state index contributed by atoms with van der Waals surface area (Å²) in [7, 11) is 0. The molecular weight excluding hydrogens is 320 g/mol. The fourth-order valence-electron chi connectivity index (χ4n) is 2.22. The Balaban J connectivity index is 1.82. The molecule has 0 bridgehead atoms. The van der Waals surface area contributed by atoms with E-state index in [9.17, 15) is 9.59 Å². The number of carboxylic acids is 1. The van der Waals surface area contributed by atoms with Gasteiger partial charge in [0.25, 0.3) is 0 Å². The van der Waals surface area contributed by atoms with Crippen LogP contribution in [0.1, 0.15) is 24.2 Å². The Kier molecular flexibility index (Phi) is 6.79. The number of nitrogens with zero attached hydrogens (tertiary/aromatic N) is 2. The van der Waals surface area contributed by atoms with Crippen molar-refractivity contribution in [1.82, 2.24) is 15.3 Å². The van der Waals surface area contributed by atoms with Crippen molar-refractivity contribution in [2.45, 2.75) is 13.0 Å². The number of carbonyl (C=O) groups is 2. The van der Waals surface area contributed by atoms with Crippen molar-refractivity contribution in [3.8, 4) is 0 Å². The molecule has 0 saturated heterocycles. The van der Waals surface area contributed by atoms with Crippen LogP contribution in [-0.4, -0.2) is 39.9 Å². The smallest absolute Gasteiger partial charge is 0.328 e. The molecule has 0 aliphatic carbocycles. The molecule has 0 radical (unpaired) electrons. The lowest BCUT2D eigenvalue weighted by atomic mass is 10.0. The van der Waals surface area contributed by atoms with Crippen LogP contribution < -0.4 is 10.6 Å². The molecule has 0 saturated carbocycles. The van der Waals surface area contributed by atoms with Gasteiger partial charge >= 0.3 is 5.97 Å². The van der Waals surface area contributed by atoms with Crippen molar-refractivity contribution >= 4 is 23.6 Å². The van der Waals surface area contributed by atoms with Crippen molar-refractivity contribution in [2.75, 3.05) is 18.4 Å². The maximum Gasteiger partial charge on any atom is 0.328 e. The molecule has 2 rings (SSSR count). The van der Waals surface area contributed by atoms with E-state index in [0.29, 0.717) is 24.6 Å². The van der Waals surface area contributed by atoms with E-state index in [4.69, 9.17) is 5.11 Å². The second-order valence-corrected chi connectivity index (χ2v) is 5.33. The predicted octanol–water partition coefficient (Wildman–Crippen LogP) is 1.91. The van der Waals surface area contributed by atoms with Crippen LogP contribution >= 0.6 is 0 Å². The van der Waals surface area contributed by atoms with E-state index in [-0.39, 0.29) is 11.8 Å². The number of hydrogen-bond acceptors (Lipinski definition) is 6. The van der Waals surface area contributed by atoms with E-state index < -0.39 is 5.97 Å². The number of aromatic nitrogens is 2. The number of carbonyl (C=O) groups excluding carboxylic acids is 1. The summed E-state index contributed by atoms with van der Waals surface area (Å²) in [6, 6.07) is 9.22. The van der Waals surface area contributed by atoms with E-state index in [1.807, 2.05) is 30.3 Å². The number of ketones is 1. The van der Waals surface area contributed by atoms with Gasteiger partial charge in [0.05, 0.1) is 24.1 Å². The Hall–Kier alpha value is -3.06. The van der Waals surface area contributed by atoms with Crippen LogP contribution in [0, 0.1) is 0 Å². The first-order chi connectivity index (χ1) is 12.1. The first kappa shape index (κ1) is 18.3. The minimum Gasteiger partial charge on any atom is -0.478 e. The van der Waals surface area contributed by atoms with Crippen LogP contribution in [0.2, 0.25) is 0 Å². The Labute approximate surface area is 145 Å². The first-order valence-corrected chi connectivity index (χ1v) is 7.82. The lowest BCUT2D eigenvalue weighted by Gasteiger charge is -2.16. The molecule has 1 unspecified atom stereocenters. The lowest BCUT2D eigenvalue weighted by molar-refractivity contribution is -0.131. The van der Waals surface area contributed by atoms with E-state index in [1.54, 1.807) is 6.92 Å². The third kappa shape index (κ3) is 6.15. The zero-order valence-corrected chi connectivity index (χ0v) is 13.8. The highest BCUT2D eigenvalue weighted by molar-refractivity contribution is 5.84. The summed E-state index contributed by atoms with van der Waals surface area (Å²) in [6.45, 7) is 2.70. The summed E-state index contributed by atoms with van der Waals surface area (Å²) in [5.41, 5.74) is 1.40. The molecule has 25 heavy (non-hydrogen) atoms. The minimum absolute atomic E-state index is 0.0561. The minimum atomic E-state index is -1.03. The van der Waals surface area contributed by atoms with Gasteiger partial charge in [-0.1, -0.05) is 30.3 Å². The van der Waals surface area contributed by atoms with Crippen molar-refractivity contribution in [1.29, 1.82) is 0 Å². The number of carboxylic acid groups (broad SMARTS) is 1. The molecule has 7 heteroatoms. The maximum atomic E-state index is 11.8. The highest BCUT2D eigenvalue weighted by atomic mass is 16.4. The third-order valence-electron chi connectivity index (χ3n) is 3.39. The molecule has 1 atom stereocenters. The van der Waals surface area contributed by atoms with Gasteiger partial charge in [0.1, 0.15) is 5.82 Å². The van der Waals surface area contributed by atoms with Crippen LogP contribution in [-0.2, 0) is 9.59 Å². The molecule has 0 aliphatic heterocycles. The lowest BCUT2D eigenvalue weighted by Crippen LogP contribution is -2.31. The summed E-state index contributed by atoms with van der Waals surface area (Å²) < 4.78 is 0. The van der Waals surface area contributed by atoms with E-state index in [1.165, 1.54) is 18.5 Å². The van der Waals surface area contributed by atoms with Gasteiger partial charge in [-0.3, -0.25) is 9.78 Å². The summed E-state index contributed by atoms with van der Waals surface area (Å²) in [6.07, 6.45) is 5.39. The monoisotopic (exact) mass is 340 g/mol. The van der Waals surface area contributed by atoms with Gasteiger partial charge in [-0.15, -0.1) is 0 Å². The van der Waals surface area contributed by atoms with Crippen LogP contribution in [0.3, 0.4) is 0 Å². The number of benzene rings is 1. The molecule has 1 aromatic carbocycles. The Morgan fingerprint density at radius 3 is 2.52 bits per heavy atom. The number of aliphatic carboxylic acids is 1. The molecule has 1 heterocycles. The van der Waals surface area contributed by atoms with Crippen molar-refractivity contribution < 1.29 is 14.7 Å². The summed E-state index contributed by atoms with van der Waals surface area (Å²) in [5.74, 6) is -0.401. The van der Waals surface area contributed by atoms with E-state index in [2.05, 4.69) is 20.6 Å². The van der Waals surface area contributed by atoms with Crippen molar-refractivity contribution in [2.24, 2.45) is 0 Å². The number of anilines is 1. The molecule has 0 aliphatic rings. The van der Waals surface area contributed by atoms with Crippen molar-refractivity contribution in [3.05, 3.63) is 60.1 Å². The molecule has 0 fully saturated rings. The maximum absolute atomic E-state index is 11.8. The Morgan fingerprint density at radius 1 is 1.16 bits per heavy atom. The quantitative estimate of drug-likeness (QED) is 0.473. The predicted molar refractivity (Wildman–Crippen MR) is 95.1 cm³/mol. The molecule has 3 N–H and O–H groups in total. The normalized spacial score (nSPS) is 12.0. The summed E-state index contributed by atoms with van der Waals surface area (Å²) >= 11 is 0. The zero-order chi connectivity index (χ0) is 18.1. The van der Waals surface area contributed by atoms with Gasteiger partial charge in [0.2, 0.25) is 0 Å². The van der Waals surface area contributed by atoms with Gasteiger partial charge in [-0.05, 0) is 18.6 Å².